The molecular formula is C20H16N4O3S. The van der Waals surface area contributed by atoms with Crippen molar-refractivity contribution in [2.75, 3.05) is 11.9 Å². The van der Waals surface area contributed by atoms with Gasteiger partial charge < -0.3 is 10.1 Å². The minimum Gasteiger partial charge on any atom is -0.494 e. The molecule has 2 aromatic carbocycles. The van der Waals surface area contributed by atoms with Crippen molar-refractivity contribution >= 4 is 28.3 Å². The van der Waals surface area contributed by atoms with Gasteiger partial charge in [0.1, 0.15) is 22.4 Å². The monoisotopic (exact) mass is 392 g/mol. The average molecular weight is 392 g/mol. The normalized spacial score (nSPS) is 10.9. The Labute approximate surface area is 165 Å². The van der Waals surface area contributed by atoms with E-state index in [1.54, 1.807) is 18.3 Å². The lowest BCUT2D eigenvalue weighted by Gasteiger charge is -2.03. The van der Waals surface area contributed by atoms with Crippen LogP contribution in [0.1, 0.15) is 11.9 Å². The van der Waals surface area contributed by atoms with Crippen LogP contribution in [0.2, 0.25) is 0 Å². The third kappa shape index (κ3) is 4.52. The zero-order valence-corrected chi connectivity index (χ0v) is 15.8. The summed E-state index contributed by atoms with van der Waals surface area (Å²) in [5.74, 6) is 0.798. The van der Waals surface area contributed by atoms with Gasteiger partial charge >= 0.3 is 0 Å². The van der Waals surface area contributed by atoms with Gasteiger partial charge in [0.05, 0.1) is 17.2 Å². The van der Waals surface area contributed by atoms with Crippen LogP contribution >= 0.6 is 11.3 Å². The van der Waals surface area contributed by atoms with E-state index in [2.05, 4.69) is 16.4 Å². The van der Waals surface area contributed by atoms with Gasteiger partial charge in [0.2, 0.25) is 0 Å². The molecule has 1 aromatic heterocycles. The van der Waals surface area contributed by atoms with E-state index in [0.29, 0.717) is 22.9 Å². The highest BCUT2D eigenvalue weighted by Gasteiger charge is 2.10. The number of nitro benzene ring substituents is 1. The number of nitrogens with one attached hydrogen (secondary N) is 1. The predicted molar refractivity (Wildman–Crippen MR) is 109 cm³/mol. The molecular weight excluding hydrogens is 376 g/mol. The number of ether oxygens (including phenoxy) is 1. The fourth-order valence-corrected chi connectivity index (χ4v) is 3.19. The summed E-state index contributed by atoms with van der Waals surface area (Å²) >= 11 is 1.37. The van der Waals surface area contributed by atoms with E-state index in [1.165, 1.54) is 23.5 Å². The van der Waals surface area contributed by atoms with Gasteiger partial charge in [-0.1, -0.05) is 0 Å². The lowest BCUT2D eigenvalue weighted by atomic mass is 10.2. The van der Waals surface area contributed by atoms with Crippen LogP contribution in [0.15, 0.2) is 60.1 Å². The average Bonchev–Trinajstić information content (AvgIpc) is 3.20. The largest absolute Gasteiger partial charge is 0.494 e. The Hall–Kier alpha value is -3.70. The molecule has 140 valence electrons. The fraction of sp³-hybridized carbons (Fsp3) is 0.100. The summed E-state index contributed by atoms with van der Waals surface area (Å²) in [4.78, 5) is 14.8. The first-order chi connectivity index (χ1) is 13.6. The molecule has 0 radical (unpaired) electrons. The summed E-state index contributed by atoms with van der Waals surface area (Å²) in [6.45, 7) is 2.54. The van der Waals surface area contributed by atoms with Crippen molar-refractivity contribution in [1.82, 2.24) is 4.98 Å². The molecule has 0 spiro atoms. The lowest BCUT2D eigenvalue weighted by Crippen LogP contribution is -1.92. The minimum atomic E-state index is -0.460. The van der Waals surface area contributed by atoms with Gasteiger partial charge in [-0.2, -0.15) is 5.26 Å². The van der Waals surface area contributed by atoms with Crippen LogP contribution < -0.4 is 10.1 Å². The van der Waals surface area contributed by atoms with E-state index < -0.39 is 4.92 Å². The maximum absolute atomic E-state index is 10.7. The molecule has 28 heavy (non-hydrogen) atoms. The first kappa shape index (κ1) is 19.1. The summed E-state index contributed by atoms with van der Waals surface area (Å²) in [7, 11) is 0. The number of hydrogen-bond donors (Lipinski definition) is 1. The maximum Gasteiger partial charge on any atom is 0.269 e. The van der Waals surface area contributed by atoms with Crippen LogP contribution in [-0.2, 0) is 0 Å². The van der Waals surface area contributed by atoms with Gasteiger partial charge in [-0.05, 0) is 43.3 Å². The second-order valence-electron chi connectivity index (χ2n) is 5.61. The second-order valence-corrected chi connectivity index (χ2v) is 6.47. The molecule has 8 heteroatoms. The van der Waals surface area contributed by atoms with E-state index >= 15 is 0 Å². The van der Waals surface area contributed by atoms with Gasteiger partial charge in [0, 0.05) is 35.0 Å². The van der Waals surface area contributed by atoms with Crippen molar-refractivity contribution in [3.8, 4) is 23.1 Å². The minimum absolute atomic E-state index is 0.00922. The van der Waals surface area contributed by atoms with Gasteiger partial charge in [-0.3, -0.25) is 10.1 Å². The highest BCUT2D eigenvalue weighted by atomic mass is 32.1. The number of anilines is 1. The molecule has 3 rings (SSSR count). The number of allylic oxidation sites excluding steroid dienone is 1. The number of aromatic nitrogens is 1. The predicted octanol–water partition coefficient (Wildman–Crippen LogP) is 5.09. The summed E-state index contributed by atoms with van der Waals surface area (Å²) < 4.78 is 5.44. The zero-order chi connectivity index (χ0) is 19.9. The Kier molecular flexibility index (Phi) is 5.99. The molecule has 0 atom stereocenters. The van der Waals surface area contributed by atoms with Crippen LogP contribution in [-0.4, -0.2) is 16.5 Å². The first-order valence-corrected chi connectivity index (χ1v) is 9.29. The molecule has 0 aliphatic heterocycles. The van der Waals surface area contributed by atoms with Gasteiger partial charge in [-0.15, -0.1) is 11.3 Å². The Morgan fingerprint density at radius 1 is 1.29 bits per heavy atom. The molecule has 0 saturated heterocycles. The van der Waals surface area contributed by atoms with Crippen LogP contribution in [0.5, 0.6) is 5.75 Å². The number of hydrogen-bond acceptors (Lipinski definition) is 7. The number of benzene rings is 2. The van der Waals surface area contributed by atoms with Crippen molar-refractivity contribution in [1.29, 1.82) is 5.26 Å². The number of nitro groups is 1. The molecule has 0 amide bonds. The molecule has 0 saturated carbocycles. The van der Waals surface area contributed by atoms with Crippen LogP contribution in [0, 0.1) is 21.4 Å². The molecule has 7 nitrogen and oxygen atoms in total. The van der Waals surface area contributed by atoms with Crippen molar-refractivity contribution < 1.29 is 9.66 Å². The fourth-order valence-electron chi connectivity index (χ4n) is 2.40. The zero-order valence-electron chi connectivity index (χ0n) is 15.0. The van der Waals surface area contributed by atoms with Gasteiger partial charge in [0.15, 0.2) is 0 Å². The van der Waals surface area contributed by atoms with E-state index in [9.17, 15) is 15.4 Å². The maximum atomic E-state index is 10.7. The molecule has 3 aromatic rings. The molecule has 0 aliphatic carbocycles. The number of nitrogens with zero attached hydrogens (tertiary/aromatic N) is 3. The van der Waals surface area contributed by atoms with Gasteiger partial charge in [-0.25, -0.2) is 4.98 Å². The van der Waals surface area contributed by atoms with Crippen molar-refractivity contribution in [3.63, 3.8) is 0 Å². The van der Waals surface area contributed by atoms with Crippen molar-refractivity contribution in [2.45, 2.75) is 6.92 Å². The van der Waals surface area contributed by atoms with Crippen molar-refractivity contribution in [2.24, 2.45) is 0 Å². The number of non-ortho nitro benzene ring substituents is 1. The number of rotatable bonds is 7. The van der Waals surface area contributed by atoms with E-state index in [0.717, 1.165) is 17.0 Å². The Morgan fingerprint density at radius 2 is 2.00 bits per heavy atom. The Bertz CT molecular complexity index is 1030. The first-order valence-electron chi connectivity index (χ1n) is 8.41. The molecule has 0 fully saturated rings. The molecule has 1 N–H and O–H groups in total. The summed E-state index contributed by atoms with van der Waals surface area (Å²) in [6.07, 6.45) is 1.54. The number of nitriles is 1. The Balaban J connectivity index is 1.75. The topological polar surface area (TPSA) is 101 Å². The van der Waals surface area contributed by atoms with Crippen LogP contribution in [0.3, 0.4) is 0 Å². The molecule has 0 bridgehead atoms. The van der Waals surface area contributed by atoms with E-state index in [4.69, 9.17) is 4.74 Å². The van der Waals surface area contributed by atoms with Crippen molar-refractivity contribution in [3.05, 3.63) is 75.2 Å². The molecule has 0 unspecified atom stereocenters. The SMILES string of the molecule is CCOc1ccc(-c2csc(C(C#N)=CNc3ccc([N+](=O)[O-])cc3)n2)cc1. The van der Waals surface area contributed by atoms with E-state index in [1.807, 2.05) is 36.6 Å². The lowest BCUT2D eigenvalue weighted by molar-refractivity contribution is -0.384. The smallest absolute Gasteiger partial charge is 0.269 e. The highest BCUT2D eigenvalue weighted by Crippen LogP contribution is 2.27. The number of thiazole rings is 1. The third-order valence-electron chi connectivity index (χ3n) is 3.78. The third-order valence-corrected chi connectivity index (χ3v) is 4.65. The summed E-state index contributed by atoms with van der Waals surface area (Å²) in [5.41, 5.74) is 2.74. The molecule has 1 heterocycles. The van der Waals surface area contributed by atoms with E-state index in [-0.39, 0.29) is 5.69 Å². The second kappa shape index (κ2) is 8.79. The quantitative estimate of drug-likeness (QED) is 0.341. The van der Waals surface area contributed by atoms with Crippen LogP contribution in [0.4, 0.5) is 11.4 Å². The van der Waals surface area contributed by atoms with Gasteiger partial charge in [0.25, 0.3) is 5.69 Å². The van der Waals surface area contributed by atoms with Crippen LogP contribution in [0.25, 0.3) is 16.8 Å². The Morgan fingerprint density at radius 3 is 2.61 bits per heavy atom. The molecule has 0 aliphatic rings. The standard InChI is InChI=1S/C20H16N4O3S/c1-2-27-18-9-3-14(4-10-18)19-13-28-20(23-19)15(11-21)12-22-16-5-7-17(8-6-16)24(25)26/h3-10,12-13,22H,2H2,1H3. The highest BCUT2D eigenvalue weighted by molar-refractivity contribution is 7.11. The summed E-state index contributed by atoms with van der Waals surface area (Å²) in [6, 6.07) is 15.7. The summed E-state index contributed by atoms with van der Waals surface area (Å²) in [5, 5.41) is 25.6.